The maximum Gasteiger partial charge on any atom is 0.261 e. The van der Waals surface area contributed by atoms with Gasteiger partial charge in [0, 0.05) is 63.2 Å². The summed E-state index contributed by atoms with van der Waals surface area (Å²) in [4.78, 5) is 13.8. The van der Waals surface area contributed by atoms with Crippen LogP contribution in [0.25, 0.3) is 0 Å². The first kappa shape index (κ1) is 42.8. The van der Waals surface area contributed by atoms with E-state index in [4.69, 9.17) is 0 Å². The molecule has 0 radical (unpaired) electrons. The van der Waals surface area contributed by atoms with Crippen LogP contribution in [0.3, 0.4) is 0 Å². The second-order valence-corrected chi connectivity index (χ2v) is 18.0. The van der Waals surface area contributed by atoms with Crippen LogP contribution in [0.4, 0.5) is 31.8 Å². The number of rotatable bonds is 12. The molecule has 4 N–H and O–H groups in total. The molecule has 2 aromatic heterocycles. The largest absolute Gasteiger partial charge is 0.354 e. The van der Waals surface area contributed by atoms with Crippen LogP contribution in [0.15, 0.2) is 82.6 Å². The van der Waals surface area contributed by atoms with Gasteiger partial charge in [-0.3, -0.25) is 18.2 Å². The van der Waals surface area contributed by atoms with Gasteiger partial charge < -0.3 is 20.4 Å². The van der Waals surface area contributed by atoms with E-state index < -0.39 is 33.4 Å². The zero-order valence-corrected chi connectivity index (χ0v) is 34.5. The lowest BCUT2D eigenvalue weighted by Gasteiger charge is -2.33. The van der Waals surface area contributed by atoms with Crippen molar-refractivity contribution in [1.29, 1.82) is 0 Å². The molecule has 0 spiro atoms. The van der Waals surface area contributed by atoms with Gasteiger partial charge in [0.25, 0.3) is 20.0 Å². The number of benzene rings is 2. The highest BCUT2D eigenvalue weighted by atomic mass is 32.2. The molecule has 16 heteroatoms. The van der Waals surface area contributed by atoms with Gasteiger partial charge in [0.1, 0.15) is 11.6 Å². The summed E-state index contributed by atoms with van der Waals surface area (Å²) in [5.41, 5.74) is 3.69. The molecule has 2 aliphatic rings. The second-order valence-electron chi connectivity index (χ2n) is 14.7. The second kappa shape index (κ2) is 18.7. The third-order valence-electron chi connectivity index (χ3n) is 10.00. The average molecular weight is 813 g/mol. The zero-order chi connectivity index (χ0) is 40.6. The highest BCUT2D eigenvalue weighted by Crippen LogP contribution is 2.26. The topological polar surface area (TPSA) is 149 Å². The Balaban J connectivity index is 0.000000214. The molecule has 0 bridgehead atoms. The highest BCUT2D eigenvalue weighted by molar-refractivity contribution is 7.93. The molecule has 2 saturated heterocycles. The molecule has 4 atom stereocenters. The summed E-state index contributed by atoms with van der Waals surface area (Å²) in [7, 11) is -7.48. The molecule has 12 nitrogen and oxygen atoms in total. The van der Waals surface area contributed by atoms with Gasteiger partial charge in [-0.25, -0.2) is 26.8 Å². The van der Waals surface area contributed by atoms with Crippen molar-refractivity contribution in [3.8, 4) is 0 Å². The lowest BCUT2D eigenvalue weighted by atomic mass is 10.0. The zero-order valence-electron chi connectivity index (χ0n) is 32.9. The fourth-order valence-electron chi connectivity index (χ4n) is 6.48. The Labute approximate surface area is 330 Å². The fourth-order valence-corrected chi connectivity index (χ4v) is 8.72. The number of alkyl halides is 2. The van der Waals surface area contributed by atoms with Gasteiger partial charge >= 0.3 is 0 Å². The molecule has 2 unspecified atom stereocenters. The number of aromatic nitrogens is 2. The summed E-state index contributed by atoms with van der Waals surface area (Å²) < 4.78 is 81.6. The quantitative estimate of drug-likeness (QED) is 0.132. The third-order valence-corrected chi connectivity index (χ3v) is 12.8. The van der Waals surface area contributed by atoms with Crippen LogP contribution in [0.5, 0.6) is 0 Å². The van der Waals surface area contributed by atoms with Gasteiger partial charge in [0.15, 0.2) is 0 Å². The minimum absolute atomic E-state index is 0.140. The number of pyridine rings is 2. The van der Waals surface area contributed by atoms with Gasteiger partial charge in [0.2, 0.25) is 0 Å². The smallest absolute Gasteiger partial charge is 0.261 e. The van der Waals surface area contributed by atoms with Crippen molar-refractivity contribution in [2.45, 2.75) is 75.3 Å². The molecule has 2 aliphatic heterocycles. The van der Waals surface area contributed by atoms with E-state index in [0.717, 1.165) is 62.0 Å². The molecule has 6 rings (SSSR count). The third kappa shape index (κ3) is 10.9. The molecule has 2 aromatic carbocycles. The Hall–Kier alpha value is -4.38. The van der Waals surface area contributed by atoms with Crippen LogP contribution in [0, 0.1) is 13.8 Å². The maximum absolute atomic E-state index is 12.8. The number of sulfonamides is 2. The number of anilines is 4. The highest BCUT2D eigenvalue weighted by Gasteiger charge is 2.22. The van der Waals surface area contributed by atoms with Crippen molar-refractivity contribution < 1.29 is 25.6 Å². The number of hydrogen-bond donors (Lipinski definition) is 4. The molecule has 56 heavy (non-hydrogen) atoms. The van der Waals surface area contributed by atoms with Crippen LogP contribution >= 0.6 is 0 Å². The summed E-state index contributed by atoms with van der Waals surface area (Å²) in [6.45, 7) is 15.6. The standard InChI is InChI=1S/2C20H27FN4O2S/c2*1-14(12-21)17-4-6-18(7-5-17)28(26,27)24-19-8-9-20(23-16(19)3)25-11-10-22-15(2)13-25/h2*4-9,14-15,22,24H,10-13H2,1-3H3/t2*14-,15?/m10/s1. The number of piperazine rings is 2. The fraction of sp³-hybridized carbons (Fsp3) is 0.450. The van der Waals surface area contributed by atoms with E-state index >= 15 is 0 Å². The van der Waals surface area contributed by atoms with Crippen LogP contribution < -0.4 is 29.9 Å². The summed E-state index contributed by atoms with van der Waals surface area (Å²) in [6, 6.07) is 20.6. The van der Waals surface area contributed by atoms with Crippen LogP contribution in [0.1, 0.15) is 62.0 Å². The van der Waals surface area contributed by atoms with E-state index in [2.05, 4.69) is 53.7 Å². The van der Waals surface area contributed by atoms with E-state index in [-0.39, 0.29) is 21.6 Å². The Morgan fingerprint density at radius 1 is 0.643 bits per heavy atom. The molecular weight excluding hydrogens is 759 g/mol. The Kier molecular flexibility index (Phi) is 14.3. The number of nitrogens with zero attached hydrogens (tertiary/aromatic N) is 4. The molecule has 4 heterocycles. The van der Waals surface area contributed by atoms with Crippen LogP contribution in [-0.2, 0) is 20.0 Å². The molecule has 2 fully saturated rings. The summed E-state index contributed by atoms with van der Waals surface area (Å²) in [5, 5.41) is 6.78. The van der Waals surface area contributed by atoms with Crippen molar-refractivity contribution in [3.05, 3.63) is 95.3 Å². The first-order chi connectivity index (χ1) is 26.6. The predicted molar refractivity (Wildman–Crippen MR) is 221 cm³/mol. The predicted octanol–water partition coefficient (Wildman–Crippen LogP) is 6.12. The van der Waals surface area contributed by atoms with E-state index in [0.29, 0.717) is 34.8 Å². The summed E-state index contributed by atoms with van der Waals surface area (Å²) in [6.07, 6.45) is 0. The van der Waals surface area contributed by atoms with Gasteiger partial charge in [-0.05, 0) is 87.4 Å². The normalized spacial score (nSPS) is 18.7. The van der Waals surface area contributed by atoms with Crippen molar-refractivity contribution in [2.24, 2.45) is 0 Å². The van der Waals surface area contributed by atoms with Gasteiger partial charge in [-0.2, -0.15) is 0 Å². The van der Waals surface area contributed by atoms with Crippen LogP contribution in [0.2, 0.25) is 0 Å². The van der Waals surface area contributed by atoms with Gasteiger partial charge in [-0.15, -0.1) is 0 Å². The van der Waals surface area contributed by atoms with Gasteiger partial charge in [0.05, 0.1) is 45.9 Å². The molecule has 0 amide bonds. The number of halogens is 2. The Morgan fingerprint density at radius 2 is 1.00 bits per heavy atom. The van der Waals surface area contributed by atoms with E-state index in [1.807, 2.05) is 12.1 Å². The van der Waals surface area contributed by atoms with Crippen molar-refractivity contribution in [1.82, 2.24) is 20.6 Å². The molecular formula is C40H54F2N8O4S2. The monoisotopic (exact) mass is 812 g/mol. The van der Waals surface area contributed by atoms with E-state index in [1.165, 1.54) is 24.3 Å². The lowest BCUT2D eigenvalue weighted by molar-refractivity contribution is 0.447. The van der Waals surface area contributed by atoms with Crippen LogP contribution in [-0.4, -0.2) is 91.5 Å². The van der Waals surface area contributed by atoms with Crippen molar-refractivity contribution >= 4 is 43.1 Å². The van der Waals surface area contributed by atoms with Crippen molar-refractivity contribution in [3.63, 3.8) is 0 Å². The maximum atomic E-state index is 12.8. The lowest BCUT2D eigenvalue weighted by Crippen LogP contribution is -2.49. The summed E-state index contributed by atoms with van der Waals surface area (Å²) in [5.74, 6) is 1.18. The number of nitrogens with one attached hydrogen (secondary N) is 4. The molecule has 304 valence electrons. The van der Waals surface area contributed by atoms with Gasteiger partial charge in [-0.1, -0.05) is 38.1 Å². The number of hydrogen-bond acceptors (Lipinski definition) is 10. The Morgan fingerprint density at radius 3 is 1.30 bits per heavy atom. The first-order valence-corrected chi connectivity index (χ1v) is 21.9. The van der Waals surface area contributed by atoms with E-state index in [1.54, 1.807) is 64.1 Å². The average Bonchev–Trinajstić information content (AvgIpc) is 3.19. The summed E-state index contributed by atoms with van der Waals surface area (Å²) >= 11 is 0. The van der Waals surface area contributed by atoms with E-state index in [9.17, 15) is 25.6 Å². The minimum atomic E-state index is -3.74. The number of aryl methyl sites for hydroxylation is 2. The minimum Gasteiger partial charge on any atom is -0.354 e. The molecule has 0 aliphatic carbocycles. The SMILES string of the molecule is Cc1nc(N2CCNC(C)C2)ccc1NS(=O)(=O)c1ccc([C@@H](C)CF)cc1.Cc1nc(N2CCNC(C)C2)ccc1NS(=O)(=O)c1ccc([C@H](C)CF)cc1. The molecule has 0 saturated carbocycles. The Bertz CT molecular complexity index is 1990. The first-order valence-electron chi connectivity index (χ1n) is 18.9. The molecule has 4 aromatic rings. The van der Waals surface area contributed by atoms with Crippen molar-refractivity contribution in [2.75, 3.05) is 71.9 Å².